The number of aryl methyl sites for hydroxylation is 2. The van der Waals surface area contributed by atoms with Gasteiger partial charge < -0.3 is 25.2 Å². The highest BCUT2D eigenvalue weighted by Gasteiger charge is 2.24. The maximum atomic E-state index is 12.5. The zero-order valence-electron chi connectivity index (χ0n) is 18.0. The van der Waals surface area contributed by atoms with Gasteiger partial charge in [-0.1, -0.05) is 0 Å². The Kier molecular flexibility index (Phi) is 11.7. The van der Waals surface area contributed by atoms with Crippen LogP contribution in [0.4, 0.5) is 0 Å². The molecule has 1 fully saturated rings. The van der Waals surface area contributed by atoms with Crippen molar-refractivity contribution in [3.63, 3.8) is 0 Å². The van der Waals surface area contributed by atoms with E-state index in [4.69, 9.17) is 24.5 Å². The molecular weight excluding hydrogens is 408 g/mol. The summed E-state index contributed by atoms with van der Waals surface area (Å²) in [6, 6.07) is 1.92. The summed E-state index contributed by atoms with van der Waals surface area (Å²) < 4.78 is 6.80. The van der Waals surface area contributed by atoms with Crippen LogP contribution in [0.15, 0.2) is 6.07 Å². The number of methoxy groups -OCH3 is 1. The molecule has 3 rings (SSSR count). The number of ether oxygens (including phenoxy) is 1. The van der Waals surface area contributed by atoms with E-state index >= 15 is 0 Å². The van der Waals surface area contributed by atoms with Crippen molar-refractivity contribution in [1.82, 2.24) is 29.8 Å². The zero-order valence-corrected chi connectivity index (χ0v) is 18.0. The topological polar surface area (TPSA) is 159 Å². The second-order valence-corrected chi connectivity index (χ2v) is 6.92. The summed E-state index contributed by atoms with van der Waals surface area (Å²) in [4.78, 5) is 36.0. The molecule has 1 atom stereocenters. The Balaban J connectivity index is 0.000000720. The van der Waals surface area contributed by atoms with E-state index in [0.29, 0.717) is 24.1 Å². The summed E-state index contributed by atoms with van der Waals surface area (Å²) in [7, 11) is 1.73. The van der Waals surface area contributed by atoms with Crippen molar-refractivity contribution in [2.24, 2.45) is 5.92 Å². The predicted octanol–water partition coefficient (Wildman–Crippen LogP) is 0.231. The number of hydrogen-bond donors (Lipinski definition) is 3. The first kappa shape index (κ1) is 25.9. The standard InChI is InChI=1S/C17H26N6O2.2CH2O2/c1-12-9-13(2)23-15(20-21-17(23)19-12)16(24)18-10-14-5-7-22(11-14)6-4-8-25-3;2*2-1-3/h9,14H,4-8,10-11H2,1-3H3,(H,18,24);2*1H,(H,2,3). The Morgan fingerprint density at radius 2 is 1.97 bits per heavy atom. The van der Waals surface area contributed by atoms with Crippen LogP contribution in [0.1, 0.15) is 34.8 Å². The Morgan fingerprint density at radius 1 is 1.29 bits per heavy atom. The van der Waals surface area contributed by atoms with E-state index in [0.717, 1.165) is 50.5 Å². The normalized spacial score (nSPS) is 15.4. The number of rotatable bonds is 7. The smallest absolute Gasteiger partial charge is 0.290 e. The molecule has 12 nitrogen and oxygen atoms in total. The second-order valence-electron chi connectivity index (χ2n) is 6.92. The molecule has 31 heavy (non-hydrogen) atoms. The number of amides is 1. The fourth-order valence-corrected chi connectivity index (χ4v) is 3.41. The van der Waals surface area contributed by atoms with E-state index < -0.39 is 0 Å². The van der Waals surface area contributed by atoms with E-state index in [2.05, 4.69) is 25.4 Å². The van der Waals surface area contributed by atoms with Gasteiger partial charge in [-0.05, 0) is 45.2 Å². The Labute approximate surface area is 180 Å². The maximum Gasteiger partial charge on any atom is 0.290 e. The van der Waals surface area contributed by atoms with E-state index in [9.17, 15) is 4.79 Å². The van der Waals surface area contributed by atoms with Gasteiger partial charge in [0, 0.05) is 44.7 Å². The molecule has 12 heteroatoms. The third kappa shape index (κ3) is 8.26. The lowest BCUT2D eigenvalue weighted by atomic mass is 10.1. The van der Waals surface area contributed by atoms with Crippen LogP contribution in [0.3, 0.4) is 0 Å². The van der Waals surface area contributed by atoms with Crippen molar-refractivity contribution in [3.05, 3.63) is 23.3 Å². The third-order valence-electron chi connectivity index (χ3n) is 4.64. The number of likely N-dealkylation sites (tertiary alicyclic amines) is 1. The van der Waals surface area contributed by atoms with E-state index in [1.54, 1.807) is 11.5 Å². The molecule has 0 aliphatic carbocycles. The van der Waals surface area contributed by atoms with Gasteiger partial charge in [0.15, 0.2) is 0 Å². The molecule has 1 saturated heterocycles. The Hall–Kier alpha value is -3.12. The van der Waals surface area contributed by atoms with Crippen LogP contribution in [0, 0.1) is 19.8 Å². The lowest BCUT2D eigenvalue weighted by molar-refractivity contribution is -0.123. The minimum absolute atomic E-state index is 0.195. The van der Waals surface area contributed by atoms with Gasteiger partial charge in [-0.3, -0.25) is 18.8 Å². The SMILES string of the molecule is COCCCN1CCC(CNC(=O)c2nnc3nc(C)cc(C)n23)C1.O=CO.O=CO. The van der Waals surface area contributed by atoms with Crippen LogP contribution in [0.5, 0.6) is 0 Å². The predicted molar refractivity (Wildman–Crippen MR) is 111 cm³/mol. The summed E-state index contributed by atoms with van der Waals surface area (Å²) in [5.41, 5.74) is 1.77. The summed E-state index contributed by atoms with van der Waals surface area (Å²) in [5.74, 6) is 1.05. The van der Waals surface area contributed by atoms with Crippen LogP contribution in [-0.4, -0.2) is 93.4 Å². The van der Waals surface area contributed by atoms with E-state index in [1.165, 1.54) is 0 Å². The highest BCUT2D eigenvalue weighted by atomic mass is 16.5. The molecule has 0 radical (unpaired) electrons. The molecule has 0 spiro atoms. The molecule has 0 saturated carbocycles. The summed E-state index contributed by atoms with van der Waals surface area (Å²) in [5, 5.41) is 24.8. The molecule has 3 N–H and O–H groups in total. The van der Waals surface area contributed by atoms with Crippen molar-refractivity contribution in [3.8, 4) is 0 Å². The minimum Gasteiger partial charge on any atom is -0.483 e. The summed E-state index contributed by atoms with van der Waals surface area (Å²) >= 11 is 0. The lowest BCUT2D eigenvalue weighted by Gasteiger charge is -2.15. The molecule has 1 aliphatic heterocycles. The quantitative estimate of drug-likeness (QED) is 0.403. The number of fused-ring (bicyclic) bond motifs is 1. The number of carbonyl (C=O) groups is 3. The van der Waals surface area contributed by atoms with E-state index in [1.807, 2.05) is 19.9 Å². The summed E-state index contributed by atoms with van der Waals surface area (Å²) in [6.45, 7) is 7.94. The monoisotopic (exact) mass is 438 g/mol. The molecule has 1 aliphatic rings. The Morgan fingerprint density at radius 3 is 2.61 bits per heavy atom. The van der Waals surface area contributed by atoms with Crippen molar-refractivity contribution >= 4 is 24.6 Å². The average molecular weight is 438 g/mol. The molecule has 2 aromatic rings. The van der Waals surface area contributed by atoms with Crippen molar-refractivity contribution in [2.45, 2.75) is 26.7 Å². The number of aromatic nitrogens is 4. The van der Waals surface area contributed by atoms with Crippen LogP contribution in [0.25, 0.3) is 5.78 Å². The van der Waals surface area contributed by atoms with Gasteiger partial charge in [0.05, 0.1) is 0 Å². The number of nitrogens with zero attached hydrogens (tertiary/aromatic N) is 5. The third-order valence-corrected chi connectivity index (χ3v) is 4.64. The molecule has 1 amide bonds. The van der Waals surface area contributed by atoms with Crippen LogP contribution >= 0.6 is 0 Å². The van der Waals surface area contributed by atoms with Crippen LogP contribution in [0.2, 0.25) is 0 Å². The maximum absolute atomic E-state index is 12.5. The number of carboxylic acid groups (broad SMARTS) is 2. The fraction of sp³-hybridized carbons (Fsp3) is 0.579. The minimum atomic E-state index is -0.250. The van der Waals surface area contributed by atoms with Crippen molar-refractivity contribution < 1.29 is 29.3 Å². The van der Waals surface area contributed by atoms with Gasteiger partial charge in [-0.2, -0.15) is 0 Å². The van der Waals surface area contributed by atoms with Gasteiger partial charge in [0.1, 0.15) is 0 Å². The molecule has 2 aromatic heterocycles. The average Bonchev–Trinajstić information content (AvgIpc) is 3.35. The number of nitrogens with one attached hydrogen (secondary N) is 1. The highest BCUT2D eigenvalue weighted by molar-refractivity contribution is 5.91. The lowest BCUT2D eigenvalue weighted by Crippen LogP contribution is -2.32. The van der Waals surface area contributed by atoms with Crippen molar-refractivity contribution in [1.29, 1.82) is 0 Å². The molecular formula is C19H30N6O6. The molecule has 172 valence electrons. The second kappa shape index (κ2) is 14.0. The van der Waals surface area contributed by atoms with Gasteiger partial charge in [-0.25, -0.2) is 4.98 Å². The van der Waals surface area contributed by atoms with Gasteiger partial charge in [0.25, 0.3) is 24.6 Å². The molecule has 0 bridgehead atoms. The Bertz CT molecular complexity index is 837. The van der Waals surface area contributed by atoms with Gasteiger partial charge >= 0.3 is 0 Å². The zero-order chi connectivity index (χ0) is 23.2. The number of carbonyl (C=O) groups excluding carboxylic acids is 1. The van der Waals surface area contributed by atoms with Crippen molar-refractivity contribution in [2.75, 3.05) is 39.9 Å². The summed E-state index contributed by atoms with van der Waals surface area (Å²) in [6.07, 6.45) is 2.15. The largest absolute Gasteiger partial charge is 0.483 e. The number of hydrogen-bond acceptors (Lipinski definition) is 8. The van der Waals surface area contributed by atoms with E-state index in [-0.39, 0.29) is 18.9 Å². The molecule has 3 heterocycles. The molecule has 0 aromatic carbocycles. The van der Waals surface area contributed by atoms with Gasteiger partial charge in [-0.15, -0.1) is 10.2 Å². The first-order chi connectivity index (χ1) is 14.9. The first-order valence-corrected chi connectivity index (χ1v) is 9.76. The van der Waals surface area contributed by atoms with Crippen LogP contribution in [-0.2, 0) is 14.3 Å². The van der Waals surface area contributed by atoms with Gasteiger partial charge in [0.2, 0.25) is 5.82 Å². The van der Waals surface area contributed by atoms with Crippen LogP contribution < -0.4 is 5.32 Å². The molecule has 1 unspecified atom stereocenters. The fourth-order valence-electron chi connectivity index (χ4n) is 3.41. The highest BCUT2D eigenvalue weighted by Crippen LogP contribution is 2.16. The first-order valence-electron chi connectivity index (χ1n) is 9.76.